The molecular weight excluding hydrogens is 404 g/mol. The van der Waals surface area contributed by atoms with Gasteiger partial charge in [-0.2, -0.15) is 5.10 Å². The Hall–Kier alpha value is -3.74. The molecule has 32 heavy (non-hydrogen) atoms. The second kappa shape index (κ2) is 11.6. The van der Waals surface area contributed by atoms with Gasteiger partial charge in [0.15, 0.2) is 0 Å². The van der Waals surface area contributed by atoms with E-state index >= 15 is 0 Å². The van der Waals surface area contributed by atoms with Crippen molar-refractivity contribution in [2.24, 2.45) is 5.10 Å². The fourth-order valence-electron chi connectivity index (χ4n) is 3.27. The number of nitrogens with zero attached hydrogens (tertiary/aromatic N) is 2. The number of benzene rings is 2. The predicted molar refractivity (Wildman–Crippen MR) is 128 cm³/mol. The van der Waals surface area contributed by atoms with Crippen LogP contribution >= 0.6 is 0 Å². The average molecular weight is 435 g/mol. The Labute approximate surface area is 189 Å². The molecule has 3 aromatic rings. The molecule has 0 spiro atoms. The summed E-state index contributed by atoms with van der Waals surface area (Å²) in [5, 5.41) is 7.90. The number of hydrogen-bond acceptors (Lipinski definition) is 7. The number of anilines is 1. The molecule has 168 valence electrons. The molecule has 0 bridgehead atoms. The standard InChI is InChI=1S/C25H30N4O3/c1-5-22(29-28-17-19-8-6-7-9-23(19)31-3)18-11-13-25(26-15-18)27-16-20-10-12-21(30-2)14-24(20)32-4/h6-15,28H,5,16-17H2,1-4H3,(H,26,27)/b29-22+. The minimum Gasteiger partial charge on any atom is -0.497 e. The number of rotatable bonds is 11. The van der Waals surface area contributed by atoms with Crippen molar-refractivity contribution < 1.29 is 14.2 Å². The summed E-state index contributed by atoms with van der Waals surface area (Å²) in [6.45, 7) is 3.25. The van der Waals surface area contributed by atoms with E-state index in [-0.39, 0.29) is 0 Å². The first kappa shape index (κ1) is 22.9. The molecule has 1 aromatic heterocycles. The van der Waals surface area contributed by atoms with E-state index in [0.717, 1.165) is 51.9 Å². The summed E-state index contributed by atoms with van der Waals surface area (Å²) in [5.74, 6) is 3.16. The summed E-state index contributed by atoms with van der Waals surface area (Å²) in [6, 6.07) is 17.6. The maximum atomic E-state index is 5.45. The van der Waals surface area contributed by atoms with Gasteiger partial charge in [0, 0.05) is 35.5 Å². The summed E-state index contributed by atoms with van der Waals surface area (Å²) in [6.07, 6.45) is 2.62. The number of ether oxygens (including phenoxy) is 3. The van der Waals surface area contributed by atoms with Crippen molar-refractivity contribution in [1.82, 2.24) is 10.4 Å². The molecule has 0 aliphatic heterocycles. The van der Waals surface area contributed by atoms with Crippen LogP contribution in [0.1, 0.15) is 30.0 Å². The van der Waals surface area contributed by atoms with E-state index < -0.39 is 0 Å². The van der Waals surface area contributed by atoms with Gasteiger partial charge in [-0.3, -0.25) is 0 Å². The Morgan fingerprint density at radius 2 is 1.66 bits per heavy atom. The van der Waals surface area contributed by atoms with Gasteiger partial charge in [-0.05, 0) is 36.8 Å². The predicted octanol–water partition coefficient (Wildman–Crippen LogP) is 4.62. The van der Waals surface area contributed by atoms with Crippen LogP contribution in [0.25, 0.3) is 0 Å². The molecule has 0 unspecified atom stereocenters. The molecule has 0 amide bonds. The molecule has 7 heteroatoms. The van der Waals surface area contributed by atoms with Crippen LogP contribution in [0.5, 0.6) is 17.2 Å². The number of hydrogen-bond donors (Lipinski definition) is 2. The molecule has 0 saturated heterocycles. The zero-order valence-corrected chi connectivity index (χ0v) is 19.0. The van der Waals surface area contributed by atoms with Crippen LogP contribution in [0.3, 0.4) is 0 Å². The zero-order valence-electron chi connectivity index (χ0n) is 19.0. The highest BCUT2D eigenvalue weighted by Crippen LogP contribution is 2.25. The molecule has 3 rings (SSSR count). The first-order chi connectivity index (χ1) is 15.7. The Kier molecular flexibility index (Phi) is 8.31. The topological polar surface area (TPSA) is 77.0 Å². The monoisotopic (exact) mass is 434 g/mol. The van der Waals surface area contributed by atoms with Crippen LogP contribution in [-0.2, 0) is 13.1 Å². The Bertz CT molecular complexity index is 1040. The smallest absolute Gasteiger partial charge is 0.127 e. The van der Waals surface area contributed by atoms with Crippen molar-refractivity contribution in [1.29, 1.82) is 0 Å². The maximum Gasteiger partial charge on any atom is 0.127 e. The van der Waals surface area contributed by atoms with E-state index in [2.05, 4.69) is 27.8 Å². The second-order valence-electron chi connectivity index (χ2n) is 7.02. The molecule has 2 N–H and O–H groups in total. The summed E-state index contributed by atoms with van der Waals surface area (Å²) in [5.41, 5.74) is 7.15. The van der Waals surface area contributed by atoms with Gasteiger partial charge in [-0.15, -0.1) is 0 Å². The van der Waals surface area contributed by atoms with E-state index in [4.69, 9.17) is 14.2 Å². The molecule has 2 aromatic carbocycles. The van der Waals surface area contributed by atoms with Crippen LogP contribution in [0, 0.1) is 0 Å². The first-order valence-corrected chi connectivity index (χ1v) is 10.5. The number of nitrogens with one attached hydrogen (secondary N) is 2. The van der Waals surface area contributed by atoms with Crippen molar-refractivity contribution in [3.05, 3.63) is 77.5 Å². The van der Waals surface area contributed by atoms with E-state index in [1.807, 2.05) is 60.8 Å². The number of pyridine rings is 1. The van der Waals surface area contributed by atoms with Gasteiger partial charge in [0.05, 0.1) is 33.6 Å². The van der Waals surface area contributed by atoms with Gasteiger partial charge < -0.3 is 25.0 Å². The highest BCUT2D eigenvalue weighted by molar-refractivity contribution is 6.00. The molecular formula is C25H30N4O3. The lowest BCUT2D eigenvalue weighted by atomic mass is 10.1. The van der Waals surface area contributed by atoms with Gasteiger partial charge >= 0.3 is 0 Å². The number of hydrazone groups is 1. The minimum absolute atomic E-state index is 0.588. The van der Waals surface area contributed by atoms with E-state index in [1.54, 1.807) is 21.3 Å². The second-order valence-corrected chi connectivity index (χ2v) is 7.02. The number of para-hydroxylation sites is 1. The van der Waals surface area contributed by atoms with Crippen LogP contribution in [0.15, 0.2) is 65.9 Å². The average Bonchev–Trinajstić information content (AvgIpc) is 2.86. The molecule has 0 atom stereocenters. The van der Waals surface area contributed by atoms with Gasteiger partial charge in [0.2, 0.25) is 0 Å². The van der Waals surface area contributed by atoms with E-state index in [0.29, 0.717) is 13.1 Å². The van der Waals surface area contributed by atoms with Crippen molar-refractivity contribution in [2.75, 3.05) is 26.6 Å². The Balaban J connectivity index is 1.61. The lowest BCUT2D eigenvalue weighted by molar-refractivity contribution is 0.391. The van der Waals surface area contributed by atoms with Crippen LogP contribution < -0.4 is 25.0 Å². The van der Waals surface area contributed by atoms with Crippen molar-refractivity contribution in [3.8, 4) is 17.2 Å². The van der Waals surface area contributed by atoms with Gasteiger partial charge in [0.1, 0.15) is 23.1 Å². The largest absolute Gasteiger partial charge is 0.497 e. The van der Waals surface area contributed by atoms with Gasteiger partial charge in [0.25, 0.3) is 0 Å². The first-order valence-electron chi connectivity index (χ1n) is 10.5. The van der Waals surface area contributed by atoms with Crippen LogP contribution in [0.2, 0.25) is 0 Å². The van der Waals surface area contributed by atoms with E-state index in [9.17, 15) is 0 Å². The Morgan fingerprint density at radius 1 is 0.875 bits per heavy atom. The Morgan fingerprint density at radius 3 is 2.34 bits per heavy atom. The minimum atomic E-state index is 0.588. The summed E-state index contributed by atoms with van der Waals surface area (Å²) < 4.78 is 16.1. The SMILES string of the molecule is CC/C(=N\NCc1ccccc1OC)c1ccc(NCc2ccc(OC)cc2OC)nc1. The molecule has 0 aliphatic rings. The number of aromatic nitrogens is 1. The van der Waals surface area contributed by atoms with Crippen molar-refractivity contribution in [2.45, 2.75) is 26.4 Å². The normalized spacial score (nSPS) is 11.1. The van der Waals surface area contributed by atoms with Crippen LogP contribution in [0.4, 0.5) is 5.82 Å². The third-order valence-electron chi connectivity index (χ3n) is 5.06. The molecule has 0 radical (unpaired) electrons. The van der Waals surface area contributed by atoms with E-state index in [1.165, 1.54) is 0 Å². The third kappa shape index (κ3) is 5.91. The highest BCUT2D eigenvalue weighted by atomic mass is 16.5. The van der Waals surface area contributed by atoms with Crippen molar-refractivity contribution in [3.63, 3.8) is 0 Å². The van der Waals surface area contributed by atoms with Gasteiger partial charge in [-0.1, -0.05) is 25.1 Å². The van der Waals surface area contributed by atoms with Crippen LogP contribution in [-0.4, -0.2) is 32.0 Å². The quantitative estimate of drug-likeness (QED) is 0.339. The zero-order chi connectivity index (χ0) is 22.8. The number of methoxy groups -OCH3 is 3. The van der Waals surface area contributed by atoms with Crippen molar-refractivity contribution >= 4 is 11.5 Å². The summed E-state index contributed by atoms with van der Waals surface area (Å²) in [4.78, 5) is 4.54. The molecule has 7 nitrogen and oxygen atoms in total. The molecule has 1 heterocycles. The maximum absolute atomic E-state index is 5.45. The fraction of sp³-hybridized carbons (Fsp3) is 0.280. The molecule has 0 aliphatic carbocycles. The third-order valence-corrected chi connectivity index (χ3v) is 5.06. The summed E-state index contributed by atoms with van der Waals surface area (Å²) in [7, 11) is 4.96. The lowest BCUT2D eigenvalue weighted by Crippen LogP contribution is -2.12. The van der Waals surface area contributed by atoms with Gasteiger partial charge in [-0.25, -0.2) is 4.98 Å². The highest BCUT2D eigenvalue weighted by Gasteiger charge is 2.07. The molecule has 0 fully saturated rings. The molecule has 0 saturated carbocycles. The fourth-order valence-corrected chi connectivity index (χ4v) is 3.27. The summed E-state index contributed by atoms with van der Waals surface area (Å²) >= 11 is 0. The lowest BCUT2D eigenvalue weighted by Gasteiger charge is -2.12.